The average Bonchev–Trinajstić information content (AvgIpc) is 2.90. The zero-order valence-corrected chi connectivity index (χ0v) is 7.87. The van der Waals surface area contributed by atoms with Crippen molar-refractivity contribution in [1.29, 1.82) is 0 Å². The third kappa shape index (κ3) is 1.24. The van der Waals surface area contributed by atoms with Crippen LogP contribution in [0.3, 0.4) is 0 Å². The maximum atomic E-state index is 5.71. The smallest absolute Gasteiger partial charge is 0.0922 e. The van der Waals surface area contributed by atoms with Gasteiger partial charge in [-0.2, -0.15) is 0 Å². The van der Waals surface area contributed by atoms with Gasteiger partial charge in [0.15, 0.2) is 0 Å². The lowest BCUT2D eigenvalue weighted by Crippen LogP contribution is -2.35. The van der Waals surface area contributed by atoms with Gasteiger partial charge >= 0.3 is 0 Å². The number of rotatable bonds is 0. The first-order valence-electron chi connectivity index (χ1n) is 5.29. The monoisotopic (exact) mass is 180 g/mol. The molecule has 0 aromatic heterocycles. The van der Waals surface area contributed by atoms with Gasteiger partial charge in [-0.25, -0.2) is 0 Å². The van der Waals surface area contributed by atoms with E-state index < -0.39 is 0 Å². The highest BCUT2D eigenvalue weighted by Crippen LogP contribution is 2.51. The molecule has 0 amide bonds. The Morgan fingerprint density at radius 1 is 1.31 bits per heavy atom. The molecule has 1 saturated heterocycles. The Morgan fingerprint density at radius 3 is 3.31 bits per heavy atom. The van der Waals surface area contributed by atoms with Crippen molar-refractivity contribution in [1.82, 2.24) is 0 Å². The van der Waals surface area contributed by atoms with Gasteiger partial charge < -0.3 is 9.47 Å². The predicted octanol–water partition coefficient (Wildman–Crippen LogP) is 1.90. The maximum Gasteiger partial charge on any atom is 0.0922 e. The van der Waals surface area contributed by atoms with Crippen molar-refractivity contribution in [2.24, 2.45) is 5.41 Å². The van der Waals surface area contributed by atoms with Crippen molar-refractivity contribution >= 4 is 0 Å². The van der Waals surface area contributed by atoms with Gasteiger partial charge in [-0.15, -0.1) is 0 Å². The second-order valence-corrected chi connectivity index (χ2v) is 4.54. The van der Waals surface area contributed by atoms with Crippen molar-refractivity contribution in [2.75, 3.05) is 13.2 Å². The SMILES string of the molecule is C1=CC[C@]2(CCC[C@H]3O[C@H]32)COC1. The molecule has 1 saturated carbocycles. The van der Waals surface area contributed by atoms with Crippen LogP contribution in [0.15, 0.2) is 12.2 Å². The van der Waals surface area contributed by atoms with Crippen LogP contribution in [0, 0.1) is 5.41 Å². The molecule has 2 heterocycles. The van der Waals surface area contributed by atoms with E-state index in [1.807, 2.05) is 0 Å². The number of ether oxygens (including phenoxy) is 2. The van der Waals surface area contributed by atoms with Crippen molar-refractivity contribution in [3.05, 3.63) is 12.2 Å². The molecule has 3 rings (SSSR count). The van der Waals surface area contributed by atoms with Crippen LogP contribution in [-0.4, -0.2) is 25.4 Å². The van der Waals surface area contributed by atoms with E-state index >= 15 is 0 Å². The minimum atomic E-state index is 0.343. The zero-order valence-electron chi connectivity index (χ0n) is 7.87. The second-order valence-electron chi connectivity index (χ2n) is 4.54. The Hall–Kier alpha value is -0.340. The summed E-state index contributed by atoms with van der Waals surface area (Å²) in [5.74, 6) is 0. The molecular formula is C11H16O2. The molecule has 0 aromatic carbocycles. The summed E-state index contributed by atoms with van der Waals surface area (Å²) in [6.07, 6.45) is 10.5. The van der Waals surface area contributed by atoms with Crippen LogP contribution in [-0.2, 0) is 9.47 Å². The summed E-state index contributed by atoms with van der Waals surface area (Å²) in [7, 11) is 0. The van der Waals surface area contributed by atoms with Gasteiger partial charge in [0.2, 0.25) is 0 Å². The lowest BCUT2D eigenvalue weighted by molar-refractivity contribution is 0.0369. The summed E-state index contributed by atoms with van der Waals surface area (Å²) >= 11 is 0. The van der Waals surface area contributed by atoms with Gasteiger partial charge in [-0.05, 0) is 19.3 Å². The van der Waals surface area contributed by atoms with Crippen molar-refractivity contribution in [3.63, 3.8) is 0 Å². The zero-order chi connectivity index (χ0) is 8.73. The van der Waals surface area contributed by atoms with Crippen LogP contribution in [0.5, 0.6) is 0 Å². The van der Waals surface area contributed by atoms with Gasteiger partial charge in [0.1, 0.15) is 0 Å². The second kappa shape index (κ2) is 2.82. The minimum Gasteiger partial charge on any atom is -0.377 e. The topological polar surface area (TPSA) is 21.8 Å². The molecule has 0 unspecified atom stereocenters. The Balaban J connectivity index is 1.81. The van der Waals surface area contributed by atoms with E-state index in [2.05, 4.69) is 12.2 Å². The lowest BCUT2D eigenvalue weighted by Gasteiger charge is -2.32. The summed E-state index contributed by atoms with van der Waals surface area (Å²) in [4.78, 5) is 0. The molecule has 2 heteroatoms. The molecule has 0 radical (unpaired) electrons. The number of allylic oxidation sites excluding steroid dienone is 1. The maximum absolute atomic E-state index is 5.71. The van der Waals surface area contributed by atoms with Crippen molar-refractivity contribution < 1.29 is 9.47 Å². The molecule has 0 aromatic rings. The molecular weight excluding hydrogens is 164 g/mol. The molecule has 0 N–H and O–H groups in total. The Labute approximate surface area is 78.9 Å². The fourth-order valence-electron chi connectivity index (χ4n) is 2.85. The first-order valence-corrected chi connectivity index (χ1v) is 5.29. The van der Waals surface area contributed by atoms with Crippen LogP contribution in [0.1, 0.15) is 25.7 Å². The van der Waals surface area contributed by atoms with E-state index in [1.54, 1.807) is 0 Å². The quantitative estimate of drug-likeness (QED) is 0.419. The molecule has 0 bridgehead atoms. The molecule has 3 aliphatic rings. The Kier molecular flexibility index (Phi) is 1.74. The molecule has 2 nitrogen and oxygen atoms in total. The normalized spacial score (nSPS) is 48.6. The molecule has 3 atom stereocenters. The summed E-state index contributed by atoms with van der Waals surface area (Å²) in [5.41, 5.74) is 0.343. The van der Waals surface area contributed by atoms with Gasteiger partial charge in [0, 0.05) is 5.41 Å². The summed E-state index contributed by atoms with van der Waals surface area (Å²) in [5, 5.41) is 0. The Morgan fingerprint density at radius 2 is 2.31 bits per heavy atom. The number of hydrogen-bond acceptors (Lipinski definition) is 2. The van der Waals surface area contributed by atoms with Crippen molar-refractivity contribution in [2.45, 2.75) is 37.9 Å². The molecule has 1 aliphatic carbocycles. The Bertz CT molecular complexity index is 236. The average molecular weight is 180 g/mol. The molecule has 2 fully saturated rings. The van der Waals surface area contributed by atoms with Gasteiger partial charge in [0.25, 0.3) is 0 Å². The van der Waals surface area contributed by atoms with E-state index in [0.717, 1.165) is 19.6 Å². The number of epoxide rings is 1. The number of hydrogen-bond donors (Lipinski definition) is 0. The van der Waals surface area contributed by atoms with E-state index in [9.17, 15) is 0 Å². The van der Waals surface area contributed by atoms with Crippen molar-refractivity contribution in [3.8, 4) is 0 Å². The molecule has 1 spiro atoms. The van der Waals surface area contributed by atoms with E-state index in [0.29, 0.717) is 17.6 Å². The summed E-state index contributed by atoms with van der Waals surface area (Å²) < 4.78 is 11.3. The van der Waals surface area contributed by atoms with Crippen LogP contribution in [0.4, 0.5) is 0 Å². The van der Waals surface area contributed by atoms with Crippen LogP contribution in [0.2, 0.25) is 0 Å². The van der Waals surface area contributed by atoms with Gasteiger partial charge in [-0.3, -0.25) is 0 Å². The third-order valence-electron chi connectivity index (χ3n) is 3.64. The highest BCUT2D eigenvalue weighted by atomic mass is 16.6. The summed E-state index contributed by atoms with van der Waals surface area (Å²) in [6.45, 7) is 1.69. The molecule has 72 valence electrons. The largest absolute Gasteiger partial charge is 0.377 e. The van der Waals surface area contributed by atoms with Gasteiger partial charge in [-0.1, -0.05) is 18.6 Å². The summed E-state index contributed by atoms with van der Waals surface area (Å²) in [6, 6.07) is 0. The minimum absolute atomic E-state index is 0.343. The third-order valence-corrected chi connectivity index (χ3v) is 3.64. The highest BCUT2D eigenvalue weighted by molar-refractivity contribution is 5.08. The van der Waals surface area contributed by atoms with Crippen LogP contribution >= 0.6 is 0 Å². The standard InChI is InChI=1S/C11H16O2/c1-2-7-12-8-11(5-1)6-3-4-9-10(11)13-9/h1-2,9-10H,3-8H2/t9-,10-,11+/m1/s1. The van der Waals surface area contributed by atoms with E-state index in [1.165, 1.54) is 19.3 Å². The molecule has 2 aliphatic heterocycles. The van der Waals surface area contributed by atoms with Crippen LogP contribution < -0.4 is 0 Å². The highest BCUT2D eigenvalue weighted by Gasteiger charge is 2.56. The number of fused-ring (bicyclic) bond motifs is 2. The molecule has 13 heavy (non-hydrogen) atoms. The van der Waals surface area contributed by atoms with E-state index in [4.69, 9.17) is 9.47 Å². The lowest BCUT2D eigenvalue weighted by atomic mass is 9.72. The predicted molar refractivity (Wildman–Crippen MR) is 49.5 cm³/mol. The first-order chi connectivity index (χ1) is 6.41. The first kappa shape index (κ1) is 8.01. The van der Waals surface area contributed by atoms with Gasteiger partial charge in [0.05, 0.1) is 25.4 Å². The van der Waals surface area contributed by atoms with E-state index in [-0.39, 0.29) is 0 Å². The fourth-order valence-corrected chi connectivity index (χ4v) is 2.85. The van der Waals surface area contributed by atoms with Crippen LogP contribution in [0.25, 0.3) is 0 Å². The fraction of sp³-hybridized carbons (Fsp3) is 0.818.